The topological polar surface area (TPSA) is 84.2 Å². The maximum atomic E-state index is 12.2. The molecule has 0 aliphatic rings. The lowest BCUT2D eigenvalue weighted by Gasteiger charge is -2.20. The molecule has 0 bridgehead atoms. The number of sulfonamides is 1. The van der Waals surface area contributed by atoms with Crippen LogP contribution in [0.4, 0.5) is 0 Å². The standard InChI is InChI=1S/C11H21N3O3S2/c1-5-14-6-11(12-9(14)3)19(16,17)13-8(2)10(7-15)18-4/h6,8,10,13,15H,5,7H2,1-4H3. The second kappa shape index (κ2) is 6.74. The van der Waals surface area contributed by atoms with Gasteiger partial charge in [-0.05, 0) is 27.0 Å². The monoisotopic (exact) mass is 307 g/mol. The number of thioether (sulfide) groups is 1. The first-order chi connectivity index (χ1) is 8.85. The summed E-state index contributed by atoms with van der Waals surface area (Å²) in [5.41, 5.74) is 0. The molecule has 2 N–H and O–H groups in total. The first-order valence-electron chi connectivity index (χ1n) is 6.05. The highest BCUT2D eigenvalue weighted by molar-refractivity contribution is 7.99. The highest BCUT2D eigenvalue weighted by Crippen LogP contribution is 2.14. The molecule has 1 rings (SSSR count). The third-order valence-electron chi connectivity index (χ3n) is 2.95. The molecule has 2 atom stereocenters. The molecule has 1 heterocycles. The van der Waals surface area contributed by atoms with E-state index in [0.717, 1.165) is 0 Å². The van der Waals surface area contributed by atoms with Crippen molar-refractivity contribution in [1.82, 2.24) is 14.3 Å². The van der Waals surface area contributed by atoms with Crippen LogP contribution >= 0.6 is 11.8 Å². The molecule has 0 aliphatic heterocycles. The minimum Gasteiger partial charge on any atom is -0.395 e. The van der Waals surface area contributed by atoms with Crippen LogP contribution in [-0.2, 0) is 16.6 Å². The second-order valence-corrected chi connectivity index (χ2v) is 7.02. The molecule has 1 aromatic heterocycles. The first-order valence-corrected chi connectivity index (χ1v) is 8.82. The van der Waals surface area contributed by atoms with Crippen molar-refractivity contribution in [3.8, 4) is 0 Å². The zero-order valence-electron chi connectivity index (χ0n) is 11.6. The third kappa shape index (κ3) is 3.95. The summed E-state index contributed by atoms with van der Waals surface area (Å²) >= 11 is 1.42. The fraction of sp³-hybridized carbons (Fsp3) is 0.727. The van der Waals surface area contributed by atoms with Crippen molar-refractivity contribution in [3.05, 3.63) is 12.0 Å². The van der Waals surface area contributed by atoms with Crippen LogP contribution in [0.2, 0.25) is 0 Å². The zero-order valence-corrected chi connectivity index (χ0v) is 13.3. The van der Waals surface area contributed by atoms with Crippen LogP contribution in [0.25, 0.3) is 0 Å². The predicted octanol–water partition coefficient (Wildman–Crippen LogP) is 0.602. The molecule has 1 aromatic rings. The van der Waals surface area contributed by atoms with Gasteiger partial charge in [0.05, 0.1) is 6.61 Å². The molecule has 0 spiro atoms. The van der Waals surface area contributed by atoms with Gasteiger partial charge in [-0.15, -0.1) is 0 Å². The number of nitrogens with one attached hydrogen (secondary N) is 1. The normalized spacial score (nSPS) is 15.4. The largest absolute Gasteiger partial charge is 0.395 e. The van der Waals surface area contributed by atoms with Crippen LogP contribution in [0.15, 0.2) is 11.2 Å². The Labute approximate surface area is 118 Å². The van der Waals surface area contributed by atoms with Crippen molar-refractivity contribution < 1.29 is 13.5 Å². The molecule has 0 aromatic carbocycles. The highest BCUT2D eigenvalue weighted by atomic mass is 32.2. The van der Waals surface area contributed by atoms with E-state index < -0.39 is 10.0 Å². The maximum absolute atomic E-state index is 12.2. The first kappa shape index (κ1) is 16.5. The Balaban J connectivity index is 2.91. The van der Waals surface area contributed by atoms with E-state index in [9.17, 15) is 13.5 Å². The average Bonchev–Trinajstić information content (AvgIpc) is 2.72. The molecule has 0 saturated heterocycles. The van der Waals surface area contributed by atoms with E-state index in [2.05, 4.69) is 9.71 Å². The molecule has 6 nitrogen and oxygen atoms in total. The Bertz CT molecular complexity index is 509. The number of hydrogen-bond donors (Lipinski definition) is 2. The van der Waals surface area contributed by atoms with Crippen LogP contribution < -0.4 is 4.72 Å². The molecule has 0 amide bonds. The Kier molecular flexibility index (Phi) is 5.84. The van der Waals surface area contributed by atoms with Gasteiger partial charge in [0.1, 0.15) is 5.82 Å². The second-order valence-electron chi connectivity index (χ2n) is 4.28. The minimum atomic E-state index is -3.64. The number of imidazole rings is 1. The zero-order chi connectivity index (χ0) is 14.6. The maximum Gasteiger partial charge on any atom is 0.259 e. The molecular formula is C11H21N3O3S2. The van der Waals surface area contributed by atoms with Crippen molar-refractivity contribution in [2.24, 2.45) is 0 Å². The summed E-state index contributed by atoms with van der Waals surface area (Å²) in [7, 11) is -3.64. The van der Waals surface area contributed by atoms with E-state index in [-0.39, 0.29) is 22.9 Å². The predicted molar refractivity (Wildman–Crippen MR) is 76.8 cm³/mol. The molecule has 0 aliphatic carbocycles. The van der Waals surface area contributed by atoms with E-state index in [4.69, 9.17) is 0 Å². The Hall–Kier alpha value is -0.570. The van der Waals surface area contributed by atoms with Gasteiger partial charge in [0, 0.05) is 24.0 Å². The van der Waals surface area contributed by atoms with Gasteiger partial charge >= 0.3 is 0 Å². The minimum absolute atomic E-state index is 0.0245. The number of hydrogen-bond acceptors (Lipinski definition) is 5. The van der Waals surface area contributed by atoms with E-state index >= 15 is 0 Å². The Morgan fingerprint density at radius 3 is 2.63 bits per heavy atom. The van der Waals surface area contributed by atoms with Gasteiger partial charge in [0.15, 0.2) is 5.03 Å². The summed E-state index contributed by atoms with van der Waals surface area (Å²) in [5, 5.41) is 9.02. The number of rotatable bonds is 7. The van der Waals surface area contributed by atoms with Gasteiger partial charge in [-0.2, -0.15) is 11.8 Å². The summed E-state index contributed by atoms with van der Waals surface area (Å²) in [6, 6.07) is -0.364. The molecule has 19 heavy (non-hydrogen) atoms. The number of aliphatic hydroxyl groups is 1. The molecule has 8 heteroatoms. The highest BCUT2D eigenvalue weighted by Gasteiger charge is 2.25. The smallest absolute Gasteiger partial charge is 0.259 e. The summed E-state index contributed by atoms with van der Waals surface area (Å²) in [4.78, 5) is 4.06. The fourth-order valence-corrected chi connectivity index (χ4v) is 3.75. The van der Waals surface area contributed by atoms with E-state index in [0.29, 0.717) is 12.4 Å². The van der Waals surface area contributed by atoms with Crippen LogP contribution in [0, 0.1) is 6.92 Å². The summed E-state index contributed by atoms with van der Waals surface area (Å²) < 4.78 is 28.7. The van der Waals surface area contributed by atoms with E-state index in [1.165, 1.54) is 18.0 Å². The van der Waals surface area contributed by atoms with E-state index in [1.807, 2.05) is 13.2 Å². The van der Waals surface area contributed by atoms with Crippen molar-refractivity contribution >= 4 is 21.8 Å². The lowest BCUT2D eigenvalue weighted by atomic mass is 10.3. The van der Waals surface area contributed by atoms with Crippen molar-refractivity contribution in [1.29, 1.82) is 0 Å². The quantitative estimate of drug-likeness (QED) is 0.771. The SMILES string of the molecule is CCn1cc(S(=O)(=O)NC(C)C(CO)SC)nc1C. The Morgan fingerprint density at radius 2 is 2.21 bits per heavy atom. The molecule has 2 unspecified atom stereocenters. The fourth-order valence-electron chi connectivity index (χ4n) is 1.75. The number of aromatic nitrogens is 2. The lowest BCUT2D eigenvalue weighted by molar-refractivity contribution is 0.282. The van der Waals surface area contributed by atoms with Gasteiger partial charge in [-0.25, -0.2) is 18.1 Å². The van der Waals surface area contributed by atoms with Crippen molar-refractivity contribution in [2.45, 2.75) is 43.6 Å². The lowest BCUT2D eigenvalue weighted by Crippen LogP contribution is -2.41. The van der Waals surface area contributed by atoms with Gasteiger partial charge in [-0.1, -0.05) is 0 Å². The molecule has 0 fully saturated rings. The molecule has 110 valence electrons. The molecular weight excluding hydrogens is 286 g/mol. The van der Waals surface area contributed by atoms with Crippen molar-refractivity contribution in [2.75, 3.05) is 12.9 Å². The van der Waals surface area contributed by atoms with Gasteiger partial charge in [-0.3, -0.25) is 0 Å². The number of nitrogens with zero attached hydrogens (tertiary/aromatic N) is 2. The third-order valence-corrected chi connectivity index (χ3v) is 5.54. The van der Waals surface area contributed by atoms with Crippen LogP contribution in [0.3, 0.4) is 0 Å². The summed E-state index contributed by atoms with van der Waals surface area (Å²) in [6.45, 7) is 6.03. The van der Waals surface area contributed by atoms with Crippen LogP contribution in [0.1, 0.15) is 19.7 Å². The summed E-state index contributed by atoms with van der Waals surface area (Å²) in [6.07, 6.45) is 3.36. The van der Waals surface area contributed by atoms with Gasteiger partial charge < -0.3 is 9.67 Å². The number of aliphatic hydroxyl groups excluding tert-OH is 1. The molecule has 0 saturated carbocycles. The van der Waals surface area contributed by atoms with Gasteiger partial charge in [0.25, 0.3) is 10.0 Å². The Morgan fingerprint density at radius 1 is 1.58 bits per heavy atom. The summed E-state index contributed by atoms with van der Waals surface area (Å²) in [5.74, 6) is 0.666. The number of aryl methyl sites for hydroxylation is 2. The van der Waals surface area contributed by atoms with Gasteiger partial charge in [0.2, 0.25) is 0 Å². The van der Waals surface area contributed by atoms with E-state index in [1.54, 1.807) is 18.4 Å². The van der Waals surface area contributed by atoms with Crippen LogP contribution in [0.5, 0.6) is 0 Å². The van der Waals surface area contributed by atoms with Crippen molar-refractivity contribution in [3.63, 3.8) is 0 Å². The average molecular weight is 307 g/mol. The molecule has 0 radical (unpaired) electrons. The van der Waals surface area contributed by atoms with Crippen LogP contribution in [-0.4, -0.2) is 47.2 Å².